The van der Waals surface area contributed by atoms with Crippen molar-refractivity contribution in [3.63, 3.8) is 0 Å². The molecule has 2 aromatic rings. The van der Waals surface area contributed by atoms with Crippen molar-refractivity contribution in [3.8, 4) is 0 Å². The third-order valence-corrected chi connectivity index (χ3v) is 5.94. The van der Waals surface area contributed by atoms with Crippen LogP contribution in [0.5, 0.6) is 0 Å². The summed E-state index contributed by atoms with van der Waals surface area (Å²) in [6.45, 7) is 0. The Morgan fingerprint density at radius 3 is 2.70 bits per heavy atom. The van der Waals surface area contributed by atoms with Crippen molar-refractivity contribution in [2.24, 2.45) is 0 Å². The highest BCUT2D eigenvalue weighted by Gasteiger charge is 2.28. The predicted molar refractivity (Wildman–Crippen MR) is 89.0 cm³/mol. The van der Waals surface area contributed by atoms with Crippen LogP contribution in [-0.2, 0) is 0 Å². The number of nitrogen functional groups attached to an aromatic ring is 1. The lowest BCUT2D eigenvalue weighted by molar-refractivity contribution is 0.374. The number of hydrogen-bond acceptors (Lipinski definition) is 3. The third-order valence-electron chi connectivity index (χ3n) is 4.06. The van der Waals surface area contributed by atoms with Gasteiger partial charge in [-0.3, -0.25) is 0 Å². The van der Waals surface area contributed by atoms with Crippen LogP contribution in [0, 0.1) is 0 Å². The molecule has 2 atom stereocenters. The fourth-order valence-electron chi connectivity index (χ4n) is 3.11. The van der Waals surface area contributed by atoms with Gasteiger partial charge in [-0.2, -0.15) is 11.8 Å². The Bertz CT molecular complexity index is 641. The van der Waals surface area contributed by atoms with Gasteiger partial charge in [0.15, 0.2) is 0 Å². The number of halogens is 2. The number of anilines is 1. The fourth-order valence-corrected chi connectivity index (χ4v) is 4.40. The number of nitrogens with two attached hydrogens (primary N) is 1. The number of benzene rings is 1. The van der Waals surface area contributed by atoms with E-state index in [0.717, 1.165) is 17.5 Å². The van der Waals surface area contributed by atoms with E-state index < -0.39 is 0 Å². The lowest BCUT2D eigenvalue weighted by Crippen LogP contribution is -2.26. The molecule has 0 amide bonds. The molecule has 1 saturated carbocycles. The molecule has 0 bridgehead atoms. The highest BCUT2D eigenvalue weighted by atomic mass is 35.5. The Morgan fingerprint density at radius 1 is 1.25 bits per heavy atom. The topological polar surface area (TPSA) is 43.8 Å². The van der Waals surface area contributed by atoms with Crippen LogP contribution in [0.2, 0.25) is 10.0 Å². The molecule has 20 heavy (non-hydrogen) atoms. The van der Waals surface area contributed by atoms with Gasteiger partial charge in [-0.1, -0.05) is 36.0 Å². The van der Waals surface area contributed by atoms with Gasteiger partial charge in [0, 0.05) is 11.3 Å². The second kappa shape index (κ2) is 5.66. The van der Waals surface area contributed by atoms with E-state index >= 15 is 0 Å². The summed E-state index contributed by atoms with van der Waals surface area (Å²) in [6, 6.07) is 4.07. The summed E-state index contributed by atoms with van der Waals surface area (Å²) in [4.78, 5) is 4.45. The van der Waals surface area contributed by atoms with E-state index in [0.29, 0.717) is 27.3 Å². The largest absolute Gasteiger partial charge is 0.369 e. The number of thioether (sulfide) groups is 1. The summed E-state index contributed by atoms with van der Waals surface area (Å²) in [7, 11) is 0. The molecule has 1 fully saturated rings. The van der Waals surface area contributed by atoms with E-state index in [-0.39, 0.29) is 0 Å². The van der Waals surface area contributed by atoms with Gasteiger partial charge in [-0.05, 0) is 31.2 Å². The molecule has 1 aromatic carbocycles. The van der Waals surface area contributed by atoms with E-state index in [1.54, 1.807) is 6.07 Å². The van der Waals surface area contributed by atoms with Crippen LogP contribution in [-0.4, -0.2) is 21.1 Å². The molecule has 3 nitrogen and oxygen atoms in total. The van der Waals surface area contributed by atoms with Crippen molar-refractivity contribution in [3.05, 3.63) is 22.2 Å². The molecule has 1 aliphatic rings. The van der Waals surface area contributed by atoms with Crippen LogP contribution < -0.4 is 5.73 Å². The van der Waals surface area contributed by atoms with Gasteiger partial charge in [0.1, 0.15) is 0 Å². The zero-order valence-electron chi connectivity index (χ0n) is 11.3. The molecule has 108 valence electrons. The number of rotatable bonds is 2. The number of aromatic nitrogens is 2. The maximum Gasteiger partial charge on any atom is 0.201 e. The summed E-state index contributed by atoms with van der Waals surface area (Å²) in [5, 5.41) is 1.66. The van der Waals surface area contributed by atoms with Crippen molar-refractivity contribution in [1.82, 2.24) is 9.55 Å². The lowest BCUT2D eigenvalue weighted by atomic mass is 9.94. The number of nitrogens with zero attached hydrogens (tertiary/aromatic N) is 2. The number of hydrogen-bond donors (Lipinski definition) is 1. The summed E-state index contributed by atoms with van der Waals surface area (Å²) >= 11 is 14.1. The Balaban J connectivity index is 2.14. The smallest absolute Gasteiger partial charge is 0.201 e. The Morgan fingerprint density at radius 2 is 1.95 bits per heavy atom. The normalized spacial score (nSPS) is 23.4. The van der Waals surface area contributed by atoms with E-state index in [2.05, 4.69) is 15.8 Å². The Labute approximate surface area is 132 Å². The molecule has 1 aromatic heterocycles. The first-order valence-corrected chi connectivity index (χ1v) is 8.81. The molecule has 2 unspecified atom stereocenters. The van der Waals surface area contributed by atoms with Gasteiger partial charge in [0.25, 0.3) is 0 Å². The summed E-state index contributed by atoms with van der Waals surface area (Å²) in [5.74, 6) is 0.560. The second-order valence-corrected chi connectivity index (χ2v) is 7.11. The molecule has 1 aliphatic carbocycles. The SMILES string of the molecule is CSC1CCCCC1n1c(N)nc2cc(Cl)c(Cl)cc21. The molecule has 0 radical (unpaired) electrons. The molecule has 0 saturated heterocycles. The average Bonchev–Trinajstić information content (AvgIpc) is 2.74. The Kier molecular flexibility index (Phi) is 4.07. The van der Waals surface area contributed by atoms with Crippen LogP contribution in [0.15, 0.2) is 12.1 Å². The second-order valence-electron chi connectivity index (χ2n) is 5.22. The van der Waals surface area contributed by atoms with Crippen molar-refractivity contribution < 1.29 is 0 Å². The molecule has 0 aliphatic heterocycles. The molecular weight excluding hydrogens is 313 g/mol. The lowest BCUT2D eigenvalue weighted by Gasteiger charge is -2.32. The Hall–Kier alpha value is -0.580. The van der Waals surface area contributed by atoms with Crippen LogP contribution in [0.3, 0.4) is 0 Å². The molecule has 3 rings (SSSR count). The minimum Gasteiger partial charge on any atom is -0.369 e. The quantitative estimate of drug-likeness (QED) is 0.862. The average molecular weight is 330 g/mol. The van der Waals surface area contributed by atoms with Gasteiger partial charge in [0.2, 0.25) is 5.95 Å². The summed E-state index contributed by atoms with van der Waals surface area (Å²) in [6.07, 6.45) is 7.07. The predicted octanol–water partition coefficient (Wildman–Crippen LogP) is 4.77. The van der Waals surface area contributed by atoms with Crippen molar-refractivity contribution in [2.45, 2.75) is 37.0 Å². The van der Waals surface area contributed by atoms with Crippen molar-refractivity contribution in [2.75, 3.05) is 12.0 Å². The monoisotopic (exact) mass is 329 g/mol. The molecular formula is C14H17Cl2N3S. The minimum atomic E-state index is 0.390. The first-order chi connectivity index (χ1) is 9.61. The zero-order chi connectivity index (χ0) is 14.3. The van der Waals surface area contributed by atoms with Gasteiger partial charge in [-0.15, -0.1) is 0 Å². The molecule has 1 heterocycles. The van der Waals surface area contributed by atoms with Gasteiger partial charge in [-0.25, -0.2) is 4.98 Å². The van der Waals surface area contributed by atoms with Crippen LogP contribution in [0.4, 0.5) is 5.95 Å². The fraction of sp³-hybridized carbons (Fsp3) is 0.500. The third kappa shape index (κ3) is 2.38. The summed E-state index contributed by atoms with van der Waals surface area (Å²) in [5.41, 5.74) is 7.97. The standard InChI is InChI=1S/C14H17Cl2N3S/c1-20-13-5-3-2-4-11(13)19-12-7-9(16)8(15)6-10(12)18-14(19)17/h6-7,11,13H,2-5H2,1H3,(H2,17,18). The highest BCUT2D eigenvalue weighted by Crippen LogP contribution is 2.40. The van der Waals surface area contributed by atoms with E-state index in [1.165, 1.54) is 19.3 Å². The van der Waals surface area contributed by atoms with Gasteiger partial charge in [0.05, 0.1) is 21.1 Å². The highest BCUT2D eigenvalue weighted by molar-refractivity contribution is 7.99. The minimum absolute atomic E-state index is 0.390. The van der Waals surface area contributed by atoms with E-state index in [9.17, 15) is 0 Å². The van der Waals surface area contributed by atoms with Gasteiger partial charge < -0.3 is 10.3 Å². The maximum absolute atomic E-state index is 6.16. The zero-order valence-corrected chi connectivity index (χ0v) is 13.6. The molecule has 6 heteroatoms. The first-order valence-electron chi connectivity index (χ1n) is 6.77. The van der Waals surface area contributed by atoms with Gasteiger partial charge >= 0.3 is 0 Å². The van der Waals surface area contributed by atoms with E-state index in [1.807, 2.05) is 17.8 Å². The van der Waals surface area contributed by atoms with Crippen LogP contribution in [0.25, 0.3) is 11.0 Å². The van der Waals surface area contributed by atoms with Crippen LogP contribution >= 0.6 is 35.0 Å². The summed E-state index contributed by atoms with van der Waals surface area (Å²) < 4.78 is 2.15. The van der Waals surface area contributed by atoms with Crippen molar-refractivity contribution in [1.29, 1.82) is 0 Å². The first kappa shape index (κ1) is 14.4. The van der Waals surface area contributed by atoms with Crippen molar-refractivity contribution >= 4 is 51.9 Å². The van der Waals surface area contributed by atoms with Crippen LogP contribution in [0.1, 0.15) is 31.7 Å². The molecule has 0 spiro atoms. The number of imidazole rings is 1. The number of fused-ring (bicyclic) bond motifs is 1. The van der Waals surface area contributed by atoms with E-state index in [4.69, 9.17) is 28.9 Å². The molecule has 2 N–H and O–H groups in total. The maximum atomic E-state index is 6.16.